The monoisotopic (exact) mass is 510 g/mol. The largest absolute Gasteiger partial charge is 0.497 e. The molecule has 8 nitrogen and oxygen atoms in total. The molecule has 0 bridgehead atoms. The lowest BCUT2D eigenvalue weighted by Crippen LogP contribution is -2.17. The maximum Gasteiger partial charge on any atom is 0.161 e. The highest BCUT2D eigenvalue weighted by molar-refractivity contribution is 5.93. The summed E-state index contributed by atoms with van der Waals surface area (Å²) in [7, 11) is 7.85. The third kappa shape index (κ3) is 5.16. The van der Waals surface area contributed by atoms with Crippen LogP contribution >= 0.6 is 0 Å². The summed E-state index contributed by atoms with van der Waals surface area (Å²) in [6.45, 7) is -0.405. The van der Waals surface area contributed by atoms with Crippen molar-refractivity contribution in [2.75, 3.05) is 35.5 Å². The van der Waals surface area contributed by atoms with Gasteiger partial charge in [0.1, 0.15) is 29.1 Å². The first-order valence-corrected chi connectivity index (χ1v) is 11.3. The highest BCUT2D eigenvalue weighted by Gasteiger charge is 2.32. The third-order valence-corrected chi connectivity index (χ3v) is 6.18. The second-order valence-corrected chi connectivity index (χ2v) is 8.10. The first-order chi connectivity index (χ1) is 17.5. The number of fused-ring (bicyclic) bond motifs is 1. The van der Waals surface area contributed by atoms with Crippen LogP contribution in [0.25, 0.3) is 11.6 Å². The number of benzene rings is 3. The molecule has 198 valence electrons. The molecular formula is C29H34O8. The highest BCUT2D eigenvalue weighted by Crippen LogP contribution is 2.49. The molecule has 0 spiro atoms. The minimum Gasteiger partial charge on any atom is -0.497 e. The molecule has 37 heavy (non-hydrogen) atoms. The predicted molar refractivity (Wildman–Crippen MR) is 142 cm³/mol. The fourth-order valence-corrected chi connectivity index (χ4v) is 4.42. The molecule has 0 aromatic heterocycles. The highest BCUT2D eigenvalue weighted by atomic mass is 16.5. The van der Waals surface area contributed by atoms with E-state index in [1.54, 1.807) is 59.8 Å². The summed E-state index contributed by atoms with van der Waals surface area (Å²) in [6.07, 6.45) is 1.35. The average molecular weight is 511 g/mol. The number of aliphatic hydroxyl groups excluding tert-OH is 2. The fraction of sp³-hybridized carbons (Fsp3) is 0.310. The van der Waals surface area contributed by atoms with Gasteiger partial charge in [-0.3, -0.25) is 0 Å². The zero-order chi connectivity index (χ0) is 25.8. The normalized spacial score (nSPS) is 13.9. The van der Waals surface area contributed by atoms with E-state index < -0.39 is 6.10 Å². The molecule has 0 radical (unpaired) electrons. The number of methoxy groups -OCH3 is 5. The van der Waals surface area contributed by atoms with Gasteiger partial charge in [-0.25, -0.2) is 0 Å². The molecule has 0 saturated heterocycles. The minimum atomic E-state index is -0.608. The minimum absolute atomic E-state index is 0. The second kappa shape index (κ2) is 11.9. The summed E-state index contributed by atoms with van der Waals surface area (Å²) in [5, 5.41) is 20.1. The van der Waals surface area contributed by atoms with E-state index in [0.29, 0.717) is 56.8 Å². The molecule has 2 N–H and O–H groups in total. The topological polar surface area (TPSA) is 95.8 Å². The van der Waals surface area contributed by atoms with Gasteiger partial charge in [0.25, 0.3) is 0 Å². The molecule has 3 aromatic rings. The predicted octanol–water partition coefficient (Wildman–Crippen LogP) is 5.02. The Bertz CT molecular complexity index is 1260. The lowest BCUT2D eigenvalue weighted by molar-refractivity contribution is 0.251. The summed E-state index contributed by atoms with van der Waals surface area (Å²) < 4.78 is 34.3. The Morgan fingerprint density at radius 2 is 1.43 bits per heavy atom. The van der Waals surface area contributed by atoms with Crippen molar-refractivity contribution in [1.29, 1.82) is 0 Å². The van der Waals surface area contributed by atoms with Gasteiger partial charge in [0.15, 0.2) is 11.5 Å². The van der Waals surface area contributed by atoms with Gasteiger partial charge in [-0.15, -0.1) is 0 Å². The molecule has 8 heteroatoms. The zero-order valence-electron chi connectivity index (χ0n) is 21.0. The van der Waals surface area contributed by atoms with Gasteiger partial charge in [-0.1, -0.05) is 13.5 Å². The van der Waals surface area contributed by atoms with E-state index in [2.05, 4.69) is 0 Å². The van der Waals surface area contributed by atoms with Crippen LogP contribution in [0.1, 0.15) is 41.3 Å². The van der Waals surface area contributed by atoms with E-state index in [9.17, 15) is 10.2 Å². The smallest absolute Gasteiger partial charge is 0.161 e. The molecule has 3 aromatic carbocycles. The van der Waals surface area contributed by atoms with Gasteiger partial charge < -0.3 is 38.6 Å². The molecule has 0 saturated carbocycles. The van der Waals surface area contributed by atoms with E-state index in [4.69, 9.17) is 28.4 Å². The summed E-state index contributed by atoms with van der Waals surface area (Å²) in [5.41, 5.74) is 4.20. The molecule has 4 rings (SSSR count). The average Bonchev–Trinajstić information content (AvgIpc) is 2.94. The number of hydrogen-bond acceptors (Lipinski definition) is 8. The van der Waals surface area contributed by atoms with Gasteiger partial charge in [0.2, 0.25) is 0 Å². The van der Waals surface area contributed by atoms with Crippen LogP contribution in [-0.4, -0.2) is 45.8 Å². The number of ether oxygens (including phenoxy) is 6. The van der Waals surface area contributed by atoms with E-state index in [-0.39, 0.29) is 20.6 Å². The zero-order valence-corrected chi connectivity index (χ0v) is 21.0. The third-order valence-electron chi connectivity index (χ3n) is 6.18. The summed E-state index contributed by atoms with van der Waals surface area (Å²) >= 11 is 0. The second-order valence-electron chi connectivity index (χ2n) is 8.10. The SMILES string of the molecule is C.COc1cc(CO)c(C2=Cc3c(OC)cc(CO)cc3O[C@@H]2c2ccc(OC)c(OC)c2)c(OC)c1. The lowest BCUT2D eigenvalue weighted by Gasteiger charge is -2.31. The Labute approximate surface area is 217 Å². The summed E-state index contributed by atoms with van der Waals surface area (Å²) in [6, 6.07) is 12.7. The molecule has 1 aliphatic rings. The molecule has 0 amide bonds. The van der Waals surface area contributed by atoms with Gasteiger partial charge in [-0.2, -0.15) is 0 Å². The Kier molecular flexibility index (Phi) is 8.91. The summed E-state index contributed by atoms with van der Waals surface area (Å²) in [4.78, 5) is 0. The van der Waals surface area contributed by atoms with E-state index >= 15 is 0 Å². The Morgan fingerprint density at radius 1 is 0.730 bits per heavy atom. The quantitative estimate of drug-likeness (QED) is 0.414. The van der Waals surface area contributed by atoms with Crippen LogP contribution in [0.3, 0.4) is 0 Å². The summed E-state index contributed by atoms with van der Waals surface area (Å²) in [5.74, 6) is 3.33. The number of rotatable bonds is 9. The van der Waals surface area contributed by atoms with Gasteiger partial charge >= 0.3 is 0 Å². The van der Waals surface area contributed by atoms with Crippen LogP contribution < -0.4 is 28.4 Å². The number of hydrogen-bond donors (Lipinski definition) is 2. The van der Waals surface area contributed by atoms with Crippen molar-refractivity contribution >= 4 is 11.6 Å². The maximum absolute atomic E-state index is 10.3. The van der Waals surface area contributed by atoms with Gasteiger partial charge in [0.05, 0.1) is 54.3 Å². The van der Waals surface area contributed by atoms with Gasteiger partial charge in [0, 0.05) is 22.8 Å². The maximum atomic E-state index is 10.3. The van der Waals surface area contributed by atoms with E-state index in [0.717, 1.165) is 11.1 Å². The van der Waals surface area contributed by atoms with Crippen LogP contribution in [-0.2, 0) is 13.2 Å². The lowest BCUT2D eigenvalue weighted by atomic mass is 9.87. The van der Waals surface area contributed by atoms with Crippen molar-refractivity contribution in [2.45, 2.75) is 26.7 Å². The van der Waals surface area contributed by atoms with Crippen molar-refractivity contribution in [3.8, 4) is 34.5 Å². The first kappa shape index (κ1) is 27.7. The van der Waals surface area contributed by atoms with Crippen LogP contribution in [0.15, 0.2) is 42.5 Å². The van der Waals surface area contributed by atoms with Crippen LogP contribution in [0.5, 0.6) is 34.5 Å². The fourth-order valence-electron chi connectivity index (χ4n) is 4.42. The molecule has 1 aliphatic heterocycles. The number of aliphatic hydroxyl groups is 2. The van der Waals surface area contributed by atoms with Crippen LogP contribution in [0.4, 0.5) is 0 Å². The van der Waals surface area contributed by atoms with Crippen molar-refractivity contribution in [3.05, 3.63) is 70.3 Å². The van der Waals surface area contributed by atoms with E-state index in [1.807, 2.05) is 24.3 Å². The van der Waals surface area contributed by atoms with Crippen LogP contribution in [0.2, 0.25) is 0 Å². The van der Waals surface area contributed by atoms with Gasteiger partial charge in [-0.05, 0) is 47.5 Å². The first-order valence-electron chi connectivity index (χ1n) is 11.3. The van der Waals surface area contributed by atoms with Crippen molar-refractivity contribution in [2.24, 2.45) is 0 Å². The Hall–Kier alpha value is -3.88. The van der Waals surface area contributed by atoms with E-state index in [1.165, 1.54) is 0 Å². The van der Waals surface area contributed by atoms with Crippen molar-refractivity contribution in [3.63, 3.8) is 0 Å². The van der Waals surface area contributed by atoms with Crippen molar-refractivity contribution < 1.29 is 38.6 Å². The molecule has 0 unspecified atom stereocenters. The molecule has 1 atom stereocenters. The molecule has 0 fully saturated rings. The van der Waals surface area contributed by atoms with Crippen molar-refractivity contribution in [1.82, 2.24) is 0 Å². The molecular weight excluding hydrogens is 476 g/mol. The molecule has 1 heterocycles. The van der Waals surface area contributed by atoms with Crippen LogP contribution in [0, 0.1) is 0 Å². The Morgan fingerprint density at radius 3 is 2.03 bits per heavy atom. The standard InChI is InChI=1S/C28H30O8.CH4/c1-31-19-10-18(15-30)27(26(12-19)35-5)21-13-20-23(33-3)8-16(14-29)9-24(20)36-28(21)17-6-7-22(32-2)25(11-17)34-4;/h6-13,28-30H,14-15H2,1-5H3;1H4/t28-;/m1./s1. The Balaban J connectivity index is 0.00000380. The molecule has 0 aliphatic carbocycles.